The lowest BCUT2D eigenvalue weighted by Crippen LogP contribution is -2.41. The lowest BCUT2D eigenvalue weighted by Gasteiger charge is -2.26. The van der Waals surface area contributed by atoms with Crippen molar-refractivity contribution in [3.8, 4) is 0 Å². The third-order valence-corrected chi connectivity index (χ3v) is 7.74. The minimum absolute atomic E-state index is 0.0624. The van der Waals surface area contributed by atoms with Crippen molar-refractivity contribution >= 4 is 42.7 Å². The molecule has 0 atom stereocenters. The van der Waals surface area contributed by atoms with Crippen LogP contribution in [0.15, 0.2) is 21.5 Å². The van der Waals surface area contributed by atoms with Gasteiger partial charge in [-0.15, -0.1) is 0 Å². The van der Waals surface area contributed by atoms with Crippen LogP contribution in [0.5, 0.6) is 0 Å². The highest BCUT2D eigenvalue weighted by Gasteiger charge is 2.31. The maximum atomic E-state index is 12.6. The van der Waals surface area contributed by atoms with E-state index in [-0.39, 0.29) is 23.5 Å². The molecule has 1 saturated heterocycles. The molecule has 1 aromatic rings. The van der Waals surface area contributed by atoms with E-state index in [4.69, 9.17) is 5.11 Å². The van der Waals surface area contributed by atoms with Gasteiger partial charge < -0.3 is 5.11 Å². The molecule has 0 radical (unpaired) electrons. The zero-order chi connectivity index (χ0) is 15.8. The van der Waals surface area contributed by atoms with E-state index in [0.29, 0.717) is 21.5 Å². The monoisotopic (exact) mass is 395 g/mol. The van der Waals surface area contributed by atoms with Crippen molar-refractivity contribution in [2.45, 2.75) is 11.8 Å². The molecule has 1 heterocycles. The Morgan fingerprint density at radius 3 is 2.43 bits per heavy atom. The lowest BCUT2D eigenvalue weighted by molar-refractivity contribution is 0.0696. The number of rotatable bonds is 3. The van der Waals surface area contributed by atoms with Crippen molar-refractivity contribution in [2.24, 2.45) is 0 Å². The molecule has 0 amide bonds. The first-order chi connectivity index (χ1) is 9.73. The normalized spacial score (nSPS) is 17.8. The van der Waals surface area contributed by atoms with Crippen LogP contribution in [0.3, 0.4) is 0 Å². The fraction of sp³-hybridized carbons (Fsp3) is 0.417. The highest BCUT2D eigenvalue weighted by Crippen LogP contribution is 2.30. The van der Waals surface area contributed by atoms with Gasteiger partial charge in [0.25, 0.3) is 0 Å². The van der Waals surface area contributed by atoms with E-state index in [0.717, 1.165) is 6.07 Å². The number of carbonyl (C=O) groups is 1. The molecule has 21 heavy (non-hydrogen) atoms. The number of sulfonamides is 1. The summed E-state index contributed by atoms with van der Waals surface area (Å²) in [7, 11) is -4.79. The highest BCUT2D eigenvalue weighted by atomic mass is 79.9. The van der Waals surface area contributed by atoms with Gasteiger partial charge in [-0.25, -0.2) is 13.2 Å². The van der Waals surface area contributed by atoms with Crippen molar-refractivity contribution in [1.29, 1.82) is 0 Å². The van der Waals surface area contributed by atoms with Crippen molar-refractivity contribution in [3.05, 3.63) is 27.7 Å². The summed E-state index contributed by atoms with van der Waals surface area (Å²) < 4.78 is 38.2. The highest BCUT2D eigenvalue weighted by molar-refractivity contribution is 9.10. The fourth-order valence-electron chi connectivity index (χ4n) is 2.05. The van der Waals surface area contributed by atoms with Crippen molar-refractivity contribution in [2.75, 3.05) is 24.6 Å². The fourth-order valence-corrected chi connectivity index (χ4v) is 5.78. The molecule has 1 aromatic carbocycles. The average molecular weight is 396 g/mol. The predicted octanol–water partition coefficient (Wildman–Crippen LogP) is 1.21. The van der Waals surface area contributed by atoms with E-state index in [9.17, 15) is 17.4 Å². The molecule has 0 spiro atoms. The molecule has 2 rings (SSSR count). The van der Waals surface area contributed by atoms with Gasteiger partial charge in [-0.2, -0.15) is 4.31 Å². The molecule has 0 aromatic heterocycles. The average Bonchev–Trinajstić information content (AvgIpc) is 2.41. The van der Waals surface area contributed by atoms with Gasteiger partial charge in [0.15, 0.2) is 0 Å². The van der Waals surface area contributed by atoms with Crippen molar-refractivity contribution in [3.63, 3.8) is 0 Å². The van der Waals surface area contributed by atoms with Crippen LogP contribution in [0.2, 0.25) is 0 Å². The maximum absolute atomic E-state index is 12.6. The minimum atomic E-state index is -3.81. The van der Waals surface area contributed by atoms with Crippen LogP contribution in [0, 0.1) is 6.92 Å². The first-order valence-electron chi connectivity index (χ1n) is 6.12. The van der Waals surface area contributed by atoms with Crippen LogP contribution in [-0.4, -0.2) is 52.6 Å². The SMILES string of the molecule is Cc1cc(C(=O)O)cc(S(=O)(=O)N2CCS(=O)CC2)c1Br. The molecule has 0 unspecified atom stereocenters. The van der Waals surface area contributed by atoms with Gasteiger partial charge in [0.05, 0.1) is 10.5 Å². The summed E-state index contributed by atoms with van der Waals surface area (Å²) in [6.07, 6.45) is 0. The van der Waals surface area contributed by atoms with Gasteiger partial charge in [-0.05, 0) is 40.5 Å². The van der Waals surface area contributed by atoms with Crippen LogP contribution < -0.4 is 0 Å². The Bertz CT molecular complexity index is 707. The standard InChI is InChI=1S/C12H14BrNO5S2/c1-8-6-9(12(15)16)7-10(11(8)13)21(18,19)14-2-4-20(17)5-3-14/h6-7H,2-5H2,1H3,(H,15,16). The van der Waals surface area contributed by atoms with E-state index >= 15 is 0 Å². The summed E-state index contributed by atoms with van der Waals surface area (Å²) in [5.41, 5.74) is 0.462. The van der Waals surface area contributed by atoms with Crippen LogP contribution in [-0.2, 0) is 20.8 Å². The molecule has 1 aliphatic rings. The van der Waals surface area contributed by atoms with E-state index in [2.05, 4.69) is 15.9 Å². The Morgan fingerprint density at radius 1 is 1.33 bits per heavy atom. The first kappa shape index (κ1) is 16.6. The predicted molar refractivity (Wildman–Crippen MR) is 82.5 cm³/mol. The first-order valence-corrected chi connectivity index (χ1v) is 9.84. The molecular formula is C12H14BrNO5S2. The Labute approximate surface area is 133 Å². The molecule has 1 aliphatic heterocycles. The van der Waals surface area contributed by atoms with Gasteiger partial charge in [-0.1, -0.05) is 0 Å². The second-order valence-corrected chi connectivity index (χ2v) is 9.06. The molecule has 1 N–H and O–H groups in total. The van der Waals surface area contributed by atoms with Gasteiger partial charge >= 0.3 is 5.97 Å². The van der Waals surface area contributed by atoms with Gasteiger partial charge in [0.1, 0.15) is 0 Å². The molecule has 0 saturated carbocycles. The molecule has 9 heteroatoms. The molecule has 6 nitrogen and oxygen atoms in total. The number of hydrogen-bond donors (Lipinski definition) is 1. The Morgan fingerprint density at radius 2 is 1.90 bits per heavy atom. The van der Waals surface area contributed by atoms with E-state index < -0.39 is 26.8 Å². The molecule has 0 bridgehead atoms. The number of aryl methyl sites for hydroxylation is 1. The van der Waals surface area contributed by atoms with Gasteiger partial charge in [-0.3, -0.25) is 4.21 Å². The largest absolute Gasteiger partial charge is 0.478 e. The van der Waals surface area contributed by atoms with E-state index in [1.54, 1.807) is 6.92 Å². The van der Waals surface area contributed by atoms with Crippen LogP contribution in [0.4, 0.5) is 0 Å². The Hall–Kier alpha value is -0.770. The zero-order valence-corrected chi connectivity index (χ0v) is 14.4. The molecule has 116 valence electrons. The number of carboxylic acids is 1. The smallest absolute Gasteiger partial charge is 0.335 e. The summed E-state index contributed by atoms with van der Waals surface area (Å²) in [5.74, 6) is -0.579. The summed E-state index contributed by atoms with van der Waals surface area (Å²) in [5, 5.41) is 9.07. The number of benzene rings is 1. The second kappa shape index (κ2) is 6.15. The van der Waals surface area contributed by atoms with Crippen LogP contribution >= 0.6 is 15.9 Å². The molecule has 1 fully saturated rings. The number of nitrogens with zero attached hydrogens (tertiary/aromatic N) is 1. The molecular weight excluding hydrogens is 382 g/mol. The van der Waals surface area contributed by atoms with Gasteiger partial charge in [0.2, 0.25) is 10.0 Å². The summed E-state index contributed by atoms with van der Waals surface area (Å²) in [6, 6.07) is 2.57. The molecule has 0 aliphatic carbocycles. The maximum Gasteiger partial charge on any atom is 0.335 e. The zero-order valence-electron chi connectivity index (χ0n) is 11.2. The quantitative estimate of drug-likeness (QED) is 0.829. The van der Waals surface area contributed by atoms with E-state index in [1.807, 2.05) is 0 Å². The van der Waals surface area contributed by atoms with Crippen molar-refractivity contribution in [1.82, 2.24) is 4.31 Å². The third kappa shape index (κ3) is 3.36. The second-order valence-electron chi connectivity index (χ2n) is 4.66. The van der Waals surface area contributed by atoms with Crippen LogP contribution in [0.25, 0.3) is 0 Å². The van der Waals surface area contributed by atoms with E-state index in [1.165, 1.54) is 10.4 Å². The number of hydrogen-bond acceptors (Lipinski definition) is 4. The Kier molecular flexibility index (Phi) is 4.86. The summed E-state index contributed by atoms with van der Waals surface area (Å²) in [4.78, 5) is 11.0. The third-order valence-electron chi connectivity index (χ3n) is 3.22. The lowest BCUT2D eigenvalue weighted by atomic mass is 10.1. The van der Waals surface area contributed by atoms with Crippen LogP contribution in [0.1, 0.15) is 15.9 Å². The number of aromatic carboxylic acids is 1. The summed E-state index contributed by atoms with van der Waals surface area (Å²) >= 11 is 3.22. The Balaban J connectivity index is 2.49. The number of halogens is 1. The topological polar surface area (TPSA) is 91.8 Å². The van der Waals surface area contributed by atoms with Crippen molar-refractivity contribution < 1.29 is 22.5 Å². The minimum Gasteiger partial charge on any atom is -0.478 e. The summed E-state index contributed by atoms with van der Waals surface area (Å²) in [6.45, 7) is 2.00. The number of carboxylic acid groups (broad SMARTS) is 1. The van der Waals surface area contributed by atoms with Gasteiger partial charge in [0, 0.05) is 39.9 Å².